The summed E-state index contributed by atoms with van der Waals surface area (Å²) in [6, 6.07) is 11.5. The van der Waals surface area contributed by atoms with Gasteiger partial charge in [-0.05, 0) is 23.5 Å². The van der Waals surface area contributed by atoms with Crippen LogP contribution in [0.15, 0.2) is 45.6 Å². The lowest BCUT2D eigenvalue weighted by atomic mass is 10.1. The van der Waals surface area contributed by atoms with Crippen molar-refractivity contribution >= 4 is 5.95 Å². The second kappa shape index (κ2) is 6.91. The first-order chi connectivity index (χ1) is 11.1. The lowest BCUT2D eigenvalue weighted by Crippen LogP contribution is -2.68. The highest BCUT2D eigenvalue weighted by atomic mass is 35.7. The molecule has 0 fully saturated rings. The van der Waals surface area contributed by atoms with E-state index in [2.05, 4.69) is 9.97 Å². The topological polar surface area (TPSA) is 176 Å². The Hall–Kier alpha value is -2.56. The Labute approximate surface area is 137 Å². The minimum Gasteiger partial charge on any atom is -0.428 e. The standard InChI is InChI=1S/C14H11N3O2.ClHO4/c1-8-7-10(9-5-3-2-4-6-9)19-13-11(8)12(18)16-14(15)17-13;2-1(3,4)5/h2-7H,1H3,(H2,15,16,18);(H,2,3,4,5). The van der Waals surface area contributed by atoms with Crippen molar-refractivity contribution in [2.45, 2.75) is 6.92 Å². The Morgan fingerprint density at radius 1 is 1.17 bits per heavy atom. The number of H-pyrrole nitrogens is 1. The zero-order chi connectivity index (χ0) is 17.9. The molecular formula is C14H12ClN3O6. The number of nitrogens with two attached hydrogens (primary N) is 1. The highest BCUT2D eigenvalue weighted by Crippen LogP contribution is 2.27. The van der Waals surface area contributed by atoms with Crippen molar-refractivity contribution in [3.8, 4) is 22.8 Å². The second-order valence-electron chi connectivity index (χ2n) is 4.67. The third-order valence-corrected chi connectivity index (χ3v) is 2.92. The van der Waals surface area contributed by atoms with Gasteiger partial charge >= 0.3 is 11.5 Å². The first kappa shape index (κ1) is 17.8. The summed E-state index contributed by atoms with van der Waals surface area (Å²) >= 11 is 0. The maximum Gasteiger partial charge on any atom is 0.393 e. The van der Waals surface area contributed by atoms with Gasteiger partial charge in [0.05, 0.1) is 0 Å². The summed E-state index contributed by atoms with van der Waals surface area (Å²) in [4.78, 5) is 18.3. The van der Waals surface area contributed by atoms with Gasteiger partial charge in [-0.3, -0.25) is 5.73 Å². The first-order valence-electron chi connectivity index (χ1n) is 6.45. The molecule has 10 heteroatoms. The van der Waals surface area contributed by atoms with Crippen LogP contribution in [0.1, 0.15) is 5.56 Å². The lowest BCUT2D eigenvalue weighted by molar-refractivity contribution is -2.00. The fourth-order valence-corrected chi connectivity index (χ4v) is 2.05. The van der Waals surface area contributed by atoms with E-state index in [1.165, 1.54) is 0 Å². The van der Waals surface area contributed by atoms with Crippen LogP contribution in [0.2, 0.25) is 0 Å². The Morgan fingerprint density at radius 2 is 1.75 bits per heavy atom. The van der Waals surface area contributed by atoms with Crippen LogP contribution in [0.3, 0.4) is 0 Å². The molecule has 0 radical (unpaired) electrons. The molecule has 0 spiro atoms. The Kier molecular flexibility index (Phi) is 5.12. The minimum atomic E-state index is -4.94. The summed E-state index contributed by atoms with van der Waals surface area (Å²) < 4.78 is 39.7. The molecule has 3 rings (SSSR count). The van der Waals surface area contributed by atoms with Crippen molar-refractivity contribution in [1.82, 2.24) is 4.98 Å². The molecule has 3 N–H and O–H groups in total. The van der Waals surface area contributed by atoms with E-state index in [9.17, 15) is 4.79 Å². The van der Waals surface area contributed by atoms with Crippen LogP contribution < -0.4 is 34.9 Å². The lowest BCUT2D eigenvalue weighted by Gasteiger charge is -2.17. The summed E-state index contributed by atoms with van der Waals surface area (Å²) in [6.07, 6.45) is 0. The Morgan fingerprint density at radius 3 is 2.33 bits per heavy atom. The Balaban J connectivity index is 0.000000368. The highest BCUT2D eigenvalue weighted by molar-refractivity contribution is 5.64. The van der Waals surface area contributed by atoms with Gasteiger partial charge in [0.2, 0.25) is 0 Å². The number of hydrogen-bond donors (Lipinski definition) is 1. The molecule has 0 atom stereocenters. The average Bonchev–Trinajstić information content (AvgIpc) is 2.45. The summed E-state index contributed by atoms with van der Waals surface area (Å²) in [5, 5.41) is 0. The quantitative estimate of drug-likeness (QED) is 0.474. The molecule has 2 heterocycles. The zero-order valence-corrected chi connectivity index (χ0v) is 13.1. The highest BCUT2D eigenvalue weighted by Gasteiger charge is 2.21. The summed E-state index contributed by atoms with van der Waals surface area (Å²) in [5.41, 5.74) is 7.31. The average molecular weight is 354 g/mol. The largest absolute Gasteiger partial charge is 0.428 e. The molecule has 1 aromatic carbocycles. The molecule has 0 aliphatic carbocycles. The normalized spacial score (nSPS) is 11.0. The summed E-state index contributed by atoms with van der Waals surface area (Å²) in [7, 11) is -4.94. The van der Waals surface area contributed by atoms with Crippen LogP contribution in [0.4, 0.5) is 5.95 Å². The fraction of sp³-hybridized carbons (Fsp3) is 0.0714. The van der Waals surface area contributed by atoms with Crippen LogP contribution in [-0.2, 0) is 0 Å². The van der Waals surface area contributed by atoms with Crippen molar-refractivity contribution in [3.63, 3.8) is 0 Å². The van der Waals surface area contributed by atoms with Crippen molar-refractivity contribution < 1.29 is 38.3 Å². The van der Waals surface area contributed by atoms with Gasteiger partial charge in [0.15, 0.2) is 0 Å². The number of aromatic nitrogens is 2. The molecule has 126 valence electrons. The van der Waals surface area contributed by atoms with E-state index in [1.54, 1.807) is 0 Å². The molecular weight excluding hydrogens is 342 g/mol. The predicted molar refractivity (Wildman–Crippen MR) is 70.5 cm³/mol. The number of fused-ring (bicyclic) bond motifs is 1. The van der Waals surface area contributed by atoms with Gasteiger partial charge in [0.25, 0.3) is 5.89 Å². The molecule has 24 heavy (non-hydrogen) atoms. The molecule has 0 unspecified atom stereocenters. The molecule has 0 saturated heterocycles. The van der Waals surface area contributed by atoms with E-state index in [1.807, 2.05) is 43.3 Å². The van der Waals surface area contributed by atoms with Crippen molar-refractivity contribution in [2.75, 3.05) is 5.73 Å². The van der Waals surface area contributed by atoms with Crippen molar-refractivity contribution in [3.05, 3.63) is 52.3 Å². The van der Waals surface area contributed by atoms with Gasteiger partial charge in [-0.2, -0.15) is 0 Å². The van der Waals surface area contributed by atoms with E-state index in [0.29, 0.717) is 17.2 Å². The number of nitrogens with zero attached hydrogens (tertiary/aromatic N) is 1. The van der Waals surface area contributed by atoms with Crippen LogP contribution >= 0.6 is 0 Å². The monoisotopic (exact) mass is 353 g/mol. The number of aromatic amines is 1. The molecule has 1 aromatic rings. The van der Waals surface area contributed by atoms with Crippen molar-refractivity contribution in [1.29, 1.82) is 0 Å². The number of rotatable bonds is 1. The third kappa shape index (κ3) is 4.72. The van der Waals surface area contributed by atoms with Crippen molar-refractivity contribution in [2.24, 2.45) is 0 Å². The number of halogens is 1. The maximum absolute atomic E-state index is 11.8. The number of anilines is 1. The van der Waals surface area contributed by atoms with E-state index < -0.39 is 10.2 Å². The van der Waals surface area contributed by atoms with Gasteiger partial charge in [-0.15, -0.1) is 10.2 Å². The molecule has 0 aromatic heterocycles. The van der Waals surface area contributed by atoms with E-state index in [4.69, 9.17) is 28.8 Å². The Bertz CT molecular complexity index is 857. The summed E-state index contributed by atoms with van der Waals surface area (Å²) in [6.45, 7) is 1.84. The molecule has 9 nitrogen and oxygen atoms in total. The zero-order valence-electron chi connectivity index (χ0n) is 12.3. The predicted octanol–water partition coefficient (Wildman–Crippen LogP) is -3.24. The molecule has 0 amide bonds. The summed E-state index contributed by atoms with van der Waals surface area (Å²) in [5.74, 6) is 1.06. The van der Waals surface area contributed by atoms with Gasteiger partial charge in [-0.25, -0.2) is 28.4 Å². The third-order valence-electron chi connectivity index (χ3n) is 2.92. The van der Waals surface area contributed by atoms with Gasteiger partial charge in [0, 0.05) is 5.56 Å². The van der Waals surface area contributed by atoms with E-state index in [0.717, 1.165) is 11.1 Å². The molecule has 2 aliphatic heterocycles. The number of nitrogens with one attached hydrogen (secondary N) is 1. The van der Waals surface area contributed by atoms with Crippen LogP contribution in [0, 0.1) is 17.2 Å². The fourth-order valence-electron chi connectivity index (χ4n) is 2.05. The number of nitrogen functional groups attached to an aromatic ring is 1. The smallest absolute Gasteiger partial charge is 0.393 e. The van der Waals surface area contributed by atoms with E-state index >= 15 is 0 Å². The van der Waals surface area contributed by atoms with Crippen LogP contribution in [0.25, 0.3) is 22.8 Å². The van der Waals surface area contributed by atoms with Crippen LogP contribution in [-0.4, -0.2) is 4.98 Å². The number of benzene rings is 1. The van der Waals surface area contributed by atoms with Gasteiger partial charge in [-0.1, -0.05) is 30.3 Å². The second-order valence-corrected chi connectivity index (χ2v) is 5.42. The molecule has 2 aliphatic rings. The van der Waals surface area contributed by atoms with Gasteiger partial charge < -0.3 is 4.42 Å². The first-order valence-corrected chi connectivity index (χ1v) is 7.69. The molecule has 0 saturated carbocycles. The minimum absolute atomic E-state index is 0.0471. The van der Waals surface area contributed by atoms with E-state index in [-0.39, 0.29) is 11.5 Å². The SMILES string of the molecule is Cc1cc(-c2ccccc2)oc2[nH+]c(N)nc(=O)c1-2.[O-][Cl+3]([O-])([O-])[O-]. The van der Waals surface area contributed by atoms with Crippen LogP contribution in [0.5, 0.6) is 0 Å². The maximum atomic E-state index is 11.8. The number of hydrogen-bond acceptors (Lipinski definition) is 8. The van der Waals surface area contributed by atoms with Gasteiger partial charge in [0.1, 0.15) is 11.3 Å². The number of aryl methyl sites for hydroxylation is 1. The molecule has 0 bridgehead atoms.